The molecule has 0 saturated heterocycles. The average molecular weight is 775 g/mol. The lowest BCUT2D eigenvalue weighted by atomic mass is 10.0. The normalized spacial score (nSPS) is 14.3. The van der Waals surface area contributed by atoms with Crippen LogP contribution in [0.25, 0.3) is 0 Å². The Kier molecular flexibility index (Phi) is 36.7. The topological polar surface area (TPSA) is 108 Å². The zero-order valence-electron chi connectivity index (χ0n) is 36.0. The number of amides is 1. The molecule has 9 heteroatoms. The lowest BCUT2D eigenvalue weighted by molar-refractivity contribution is -0.870. The van der Waals surface area contributed by atoms with E-state index in [1.807, 2.05) is 21.1 Å². The summed E-state index contributed by atoms with van der Waals surface area (Å²) in [5, 5.41) is 13.9. The maximum Gasteiger partial charge on any atom is 0.268 e. The minimum atomic E-state index is -4.55. The number of quaternary nitrogens is 1. The number of carbonyl (C=O) groups is 1. The maximum absolute atomic E-state index is 12.9. The van der Waals surface area contributed by atoms with Gasteiger partial charge < -0.3 is 28.8 Å². The van der Waals surface area contributed by atoms with Crippen LogP contribution in [-0.2, 0) is 18.4 Å². The van der Waals surface area contributed by atoms with Gasteiger partial charge in [-0.25, -0.2) is 0 Å². The van der Waals surface area contributed by atoms with E-state index >= 15 is 0 Å². The fourth-order valence-corrected chi connectivity index (χ4v) is 7.65. The van der Waals surface area contributed by atoms with E-state index in [-0.39, 0.29) is 19.1 Å². The molecule has 3 atom stereocenters. The van der Waals surface area contributed by atoms with Gasteiger partial charge in [-0.2, -0.15) is 0 Å². The van der Waals surface area contributed by atoms with Crippen LogP contribution in [0.2, 0.25) is 0 Å². The molecule has 2 N–H and O–H groups in total. The molecule has 0 heterocycles. The van der Waals surface area contributed by atoms with Gasteiger partial charge in [0.15, 0.2) is 0 Å². The molecule has 0 saturated carbocycles. The van der Waals surface area contributed by atoms with Crippen molar-refractivity contribution in [3.63, 3.8) is 0 Å². The second kappa shape index (κ2) is 37.1. The van der Waals surface area contributed by atoms with Crippen molar-refractivity contribution in [1.82, 2.24) is 5.32 Å². The summed E-state index contributed by atoms with van der Waals surface area (Å²) < 4.78 is 23.3. The summed E-state index contributed by atoms with van der Waals surface area (Å²) in [5.41, 5.74) is 0. The van der Waals surface area contributed by atoms with E-state index in [0.717, 1.165) is 38.5 Å². The first-order chi connectivity index (χ1) is 25.5. The zero-order chi connectivity index (χ0) is 39.3. The Labute approximate surface area is 329 Å². The van der Waals surface area contributed by atoms with Crippen molar-refractivity contribution in [2.75, 3.05) is 40.9 Å². The molecule has 0 aliphatic rings. The van der Waals surface area contributed by atoms with E-state index in [1.165, 1.54) is 161 Å². The van der Waals surface area contributed by atoms with Crippen LogP contribution in [0.3, 0.4) is 0 Å². The van der Waals surface area contributed by atoms with Gasteiger partial charge in [0.1, 0.15) is 13.2 Å². The molecule has 0 spiro atoms. The highest BCUT2D eigenvalue weighted by Crippen LogP contribution is 2.38. The van der Waals surface area contributed by atoms with Gasteiger partial charge in [0, 0.05) is 6.42 Å². The molecule has 8 nitrogen and oxygen atoms in total. The van der Waals surface area contributed by atoms with Gasteiger partial charge in [-0.05, 0) is 12.8 Å². The van der Waals surface area contributed by atoms with Gasteiger partial charge in [-0.1, -0.05) is 206 Å². The summed E-state index contributed by atoms with van der Waals surface area (Å²) in [4.78, 5) is 25.3. The van der Waals surface area contributed by atoms with Crippen molar-refractivity contribution in [1.29, 1.82) is 0 Å². The van der Waals surface area contributed by atoms with E-state index in [0.29, 0.717) is 23.9 Å². The summed E-state index contributed by atoms with van der Waals surface area (Å²) in [6, 6.07) is -0.792. The summed E-state index contributed by atoms with van der Waals surface area (Å²) >= 11 is 0. The lowest BCUT2D eigenvalue weighted by Gasteiger charge is -2.30. The maximum atomic E-state index is 12.9. The molecule has 0 aromatic heterocycles. The number of hydrogen-bond acceptors (Lipinski definition) is 6. The molecule has 0 aromatic carbocycles. The number of phosphoric acid groups is 1. The smallest absolute Gasteiger partial charge is 0.268 e. The molecule has 0 fully saturated rings. The van der Waals surface area contributed by atoms with Crippen molar-refractivity contribution in [2.45, 2.75) is 238 Å². The van der Waals surface area contributed by atoms with Crippen LogP contribution in [0.1, 0.15) is 226 Å². The van der Waals surface area contributed by atoms with Crippen molar-refractivity contribution in [2.24, 2.45) is 0 Å². The Morgan fingerprint density at radius 2 is 0.925 bits per heavy atom. The number of rotatable bonds is 42. The quantitative estimate of drug-likeness (QED) is 0.0363. The van der Waals surface area contributed by atoms with Crippen molar-refractivity contribution in [3.05, 3.63) is 0 Å². The largest absolute Gasteiger partial charge is 0.756 e. The Balaban J connectivity index is 4.26. The number of aliphatic hydroxyl groups is 1. The first kappa shape index (κ1) is 52.5. The van der Waals surface area contributed by atoms with Crippen LogP contribution in [-0.4, -0.2) is 68.5 Å². The summed E-state index contributed by atoms with van der Waals surface area (Å²) in [6.45, 7) is 4.73. The SMILES string of the molecule is CCCCCCCCCCCCCCCCCCCCCC(=O)NC(COP(=O)([O-])OCC[N+](C)(C)C)C(O)CCCCCCCCCCCCCC. The van der Waals surface area contributed by atoms with E-state index in [2.05, 4.69) is 19.2 Å². The van der Waals surface area contributed by atoms with Gasteiger partial charge in [0.25, 0.3) is 7.82 Å². The Hall–Kier alpha value is -0.500. The fourth-order valence-electron chi connectivity index (χ4n) is 6.92. The van der Waals surface area contributed by atoms with E-state index in [4.69, 9.17) is 9.05 Å². The summed E-state index contributed by atoms with van der Waals surface area (Å²) in [6.07, 6.45) is 39.6. The lowest BCUT2D eigenvalue weighted by Crippen LogP contribution is -2.46. The number of likely N-dealkylation sites (N-methyl/N-ethyl adjacent to an activating group) is 1. The van der Waals surface area contributed by atoms with Crippen LogP contribution in [0.15, 0.2) is 0 Å². The van der Waals surface area contributed by atoms with Crippen molar-refractivity contribution >= 4 is 13.7 Å². The number of phosphoric ester groups is 1. The van der Waals surface area contributed by atoms with Crippen LogP contribution >= 0.6 is 7.82 Å². The Morgan fingerprint density at radius 1 is 0.585 bits per heavy atom. The molecular formula is C44H91N2O6P. The second-order valence-corrected chi connectivity index (χ2v) is 18.5. The minimum absolute atomic E-state index is 0.0160. The molecule has 318 valence electrons. The van der Waals surface area contributed by atoms with E-state index < -0.39 is 20.0 Å². The number of unbranched alkanes of at least 4 members (excludes halogenated alkanes) is 29. The standard InChI is InChI=1S/C44H91N2O6P/c1-6-8-10-12-14-16-18-20-21-22-23-24-25-26-28-30-32-34-36-38-44(48)45-42(41-52-53(49,50)51-40-39-46(3,4)5)43(47)37-35-33-31-29-27-19-17-15-13-11-9-7-2/h42-43,47H,6-41H2,1-5H3,(H-,45,48,49,50). The molecule has 0 bridgehead atoms. The van der Waals surface area contributed by atoms with Crippen LogP contribution in [0, 0.1) is 0 Å². The molecule has 0 rings (SSSR count). The minimum Gasteiger partial charge on any atom is -0.756 e. The molecule has 1 amide bonds. The molecule has 0 aliphatic carbocycles. The van der Waals surface area contributed by atoms with Crippen LogP contribution in [0.5, 0.6) is 0 Å². The Bertz CT molecular complexity index is 839. The first-order valence-electron chi connectivity index (χ1n) is 22.9. The number of hydrogen-bond donors (Lipinski definition) is 2. The molecular weight excluding hydrogens is 683 g/mol. The number of nitrogens with one attached hydrogen (secondary N) is 1. The van der Waals surface area contributed by atoms with Gasteiger partial charge >= 0.3 is 0 Å². The monoisotopic (exact) mass is 775 g/mol. The van der Waals surface area contributed by atoms with Gasteiger partial charge in [-0.3, -0.25) is 9.36 Å². The van der Waals surface area contributed by atoms with Crippen molar-refractivity contribution in [3.8, 4) is 0 Å². The first-order valence-corrected chi connectivity index (χ1v) is 24.3. The van der Waals surface area contributed by atoms with Gasteiger partial charge in [0.2, 0.25) is 5.91 Å². The Morgan fingerprint density at radius 3 is 1.28 bits per heavy atom. The average Bonchev–Trinajstić information content (AvgIpc) is 3.10. The third-order valence-corrected chi connectivity index (χ3v) is 11.6. The van der Waals surface area contributed by atoms with E-state index in [1.54, 1.807) is 0 Å². The second-order valence-electron chi connectivity index (χ2n) is 17.1. The third kappa shape index (κ3) is 39.5. The molecule has 0 aromatic rings. The van der Waals surface area contributed by atoms with Gasteiger partial charge in [0.05, 0.1) is 39.9 Å². The highest BCUT2D eigenvalue weighted by molar-refractivity contribution is 7.45. The summed E-state index contributed by atoms with van der Waals surface area (Å²) in [7, 11) is 1.32. The predicted octanol–water partition coefficient (Wildman–Crippen LogP) is 12.0. The highest BCUT2D eigenvalue weighted by atomic mass is 31.2. The molecule has 0 aliphatic heterocycles. The fraction of sp³-hybridized carbons (Fsp3) is 0.977. The number of carbonyl (C=O) groups excluding carboxylic acids is 1. The zero-order valence-corrected chi connectivity index (χ0v) is 36.9. The van der Waals surface area contributed by atoms with Crippen LogP contribution in [0.4, 0.5) is 0 Å². The van der Waals surface area contributed by atoms with Crippen molar-refractivity contribution < 1.29 is 32.9 Å². The van der Waals surface area contributed by atoms with Gasteiger partial charge in [-0.15, -0.1) is 0 Å². The summed E-state index contributed by atoms with van der Waals surface area (Å²) in [5.74, 6) is -0.161. The van der Waals surface area contributed by atoms with E-state index in [9.17, 15) is 19.4 Å². The number of nitrogens with zero attached hydrogens (tertiary/aromatic N) is 1. The molecule has 3 unspecified atom stereocenters. The highest BCUT2D eigenvalue weighted by Gasteiger charge is 2.24. The predicted molar refractivity (Wildman–Crippen MR) is 224 cm³/mol. The number of aliphatic hydroxyl groups excluding tert-OH is 1. The van der Waals surface area contributed by atoms with Crippen LogP contribution < -0.4 is 10.2 Å². The molecule has 0 radical (unpaired) electrons. The molecule has 53 heavy (non-hydrogen) atoms. The third-order valence-electron chi connectivity index (χ3n) is 10.6.